The van der Waals surface area contributed by atoms with Crippen molar-refractivity contribution in [3.63, 3.8) is 0 Å². The number of hydrogen-bond acceptors (Lipinski definition) is 2. The molecule has 0 radical (unpaired) electrons. The molecule has 0 saturated heterocycles. The molecule has 4 rings (SSSR count). The molecule has 0 spiro atoms. The molecule has 2 aromatic rings. The monoisotopic (exact) mass is 295 g/mol. The van der Waals surface area contributed by atoms with E-state index < -0.39 is 0 Å². The fourth-order valence-electron chi connectivity index (χ4n) is 4.42. The van der Waals surface area contributed by atoms with E-state index in [2.05, 4.69) is 30.7 Å². The van der Waals surface area contributed by atoms with Crippen molar-refractivity contribution in [3.05, 3.63) is 41.1 Å². The number of allylic oxidation sites excluding steroid dienone is 2. The van der Waals surface area contributed by atoms with Gasteiger partial charge < -0.3 is 9.30 Å². The van der Waals surface area contributed by atoms with Gasteiger partial charge in [0, 0.05) is 35.5 Å². The van der Waals surface area contributed by atoms with Crippen LogP contribution in [0.1, 0.15) is 37.4 Å². The van der Waals surface area contributed by atoms with Crippen LogP contribution in [-0.4, -0.2) is 17.5 Å². The first-order chi connectivity index (χ1) is 10.5. The van der Waals surface area contributed by atoms with E-state index in [4.69, 9.17) is 4.74 Å². The summed E-state index contributed by atoms with van der Waals surface area (Å²) in [5.74, 6) is 1.20. The van der Waals surface area contributed by atoms with Gasteiger partial charge in [0.15, 0.2) is 5.78 Å². The number of aromatic nitrogens is 1. The summed E-state index contributed by atoms with van der Waals surface area (Å²) in [5, 5.41) is 1.30. The van der Waals surface area contributed by atoms with Gasteiger partial charge in [-0.3, -0.25) is 4.79 Å². The maximum atomic E-state index is 11.8. The van der Waals surface area contributed by atoms with Crippen molar-refractivity contribution in [3.8, 4) is 5.75 Å². The average Bonchev–Trinajstić information content (AvgIpc) is 2.81. The van der Waals surface area contributed by atoms with E-state index in [9.17, 15) is 4.79 Å². The minimum absolute atomic E-state index is 0.00248. The Labute approximate surface area is 130 Å². The lowest BCUT2D eigenvalue weighted by molar-refractivity contribution is -0.115. The number of methoxy groups -OCH3 is 1. The Morgan fingerprint density at radius 3 is 2.82 bits per heavy atom. The highest BCUT2D eigenvalue weighted by Gasteiger charge is 2.42. The number of benzene rings is 1. The van der Waals surface area contributed by atoms with Crippen molar-refractivity contribution in [2.45, 2.75) is 38.0 Å². The van der Waals surface area contributed by atoms with Crippen LogP contribution < -0.4 is 4.74 Å². The van der Waals surface area contributed by atoms with Gasteiger partial charge in [-0.15, -0.1) is 0 Å². The molecule has 114 valence electrons. The Hall–Kier alpha value is -2.03. The minimum Gasteiger partial charge on any atom is -0.497 e. The Balaban J connectivity index is 2.02. The quantitative estimate of drug-likeness (QED) is 0.803. The Morgan fingerprint density at radius 1 is 1.23 bits per heavy atom. The number of carbonyl (C=O) groups excluding carboxylic acids is 1. The smallest absolute Gasteiger partial charge is 0.155 e. The largest absolute Gasteiger partial charge is 0.497 e. The molecule has 2 aliphatic carbocycles. The van der Waals surface area contributed by atoms with Crippen LogP contribution in [-0.2, 0) is 23.7 Å². The van der Waals surface area contributed by atoms with Crippen LogP contribution in [0.25, 0.3) is 10.9 Å². The second-order valence-electron chi connectivity index (χ2n) is 6.74. The SMILES string of the molecule is COc1ccc2c(c1)c1c(n2C)C2(C)CCC(=O)C=C2CC1. The first kappa shape index (κ1) is 13.6. The van der Waals surface area contributed by atoms with E-state index in [1.54, 1.807) is 7.11 Å². The zero-order valence-corrected chi connectivity index (χ0v) is 13.4. The van der Waals surface area contributed by atoms with E-state index >= 15 is 0 Å². The first-order valence-corrected chi connectivity index (χ1v) is 7.94. The van der Waals surface area contributed by atoms with Gasteiger partial charge >= 0.3 is 0 Å². The van der Waals surface area contributed by atoms with Crippen LogP contribution in [0, 0.1) is 0 Å². The van der Waals surface area contributed by atoms with Crippen molar-refractivity contribution < 1.29 is 9.53 Å². The van der Waals surface area contributed by atoms with Gasteiger partial charge in [-0.05, 0) is 49.1 Å². The molecule has 1 aromatic heterocycles. The summed E-state index contributed by atoms with van der Waals surface area (Å²) in [7, 11) is 3.86. The Bertz CT molecular complexity index is 828. The third-order valence-corrected chi connectivity index (χ3v) is 5.59. The maximum Gasteiger partial charge on any atom is 0.155 e. The van der Waals surface area contributed by atoms with Crippen LogP contribution in [0.15, 0.2) is 29.8 Å². The minimum atomic E-state index is 0.00248. The van der Waals surface area contributed by atoms with E-state index in [1.165, 1.54) is 27.7 Å². The van der Waals surface area contributed by atoms with Crippen molar-refractivity contribution in [1.29, 1.82) is 0 Å². The van der Waals surface area contributed by atoms with Gasteiger partial charge in [-0.2, -0.15) is 0 Å². The summed E-state index contributed by atoms with van der Waals surface area (Å²) in [4.78, 5) is 11.8. The number of ketones is 1. The van der Waals surface area contributed by atoms with Crippen molar-refractivity contribution in [2.24, 2.45) is 7.05 Å². The summed E-state index contributed by atoms with van der Waals surface area (Å²) in [6, 6.07) is 6.32. The third-order valence-electron chi connectivity index (χ3n) is 5.59. The van der Waals surface area contributed by atoms with E-state index in [0.29, 0.717) is 6.42 Å². The van der Waals surface area contributed by atoms with Gasteiger partial charge in [0.1, 0.15) is 5.75 Å². The van der Waals surface area contributed by atoms with Crippen LogP contribution >= 0.6 is 0 Å². The molecular formula is C19H21NO2. The van der Waals surface area contributed by atoms with Gasteiger partial charge in [-0.25, -0.2) is 0 Å². The third kappa shape index (κ3) is 1.65. The molecule has 0 bridgehead atoms. The van der Waals surface area contributed by atoms with Crippen molar-refractivity contribution in [2.75, 3.05) is 7.11 Å². The topological polar surface area (TPSA) is 31.2 Å². The molecule has 0 aliphatic heterocycles. The second kappa shape index (κ2) is 4.48. The van der Waals surface area contributed by atoms with Crippen molar-refractivity contribution >= 4 is 16.7 Å². The first-order valence-electron chi connectivity index (χ1n) is 7.94. The summed E-state index contributed by atoms with van der Waals surface area (Å²) in [6.07, 6.45) is 5.49. The molecule has 0 N–H and O–H groups in total. The molecule has 3 nitrogen and oxygen atoms in total. The number of fused-ring (bicyclic) bond motifs is 5. The normalized spacial score (nSPS) is 24.0. The molecule has 0 amide bonds. The van der Waals surface area contributed by atoms with Gasteiger partial charge in [0.2, 0.25) is 0 Å². The summed E-state index contributed by atoms with van der Waals surface area (Å²) >= 11 is 0. The molecule has 1 aromatic carbocycles. The molecule has 0 saturated carbocycles. The lowest BCUT2D eigenvalue weighted by atomic mass is 9.65. The molecule has 22 heavy (non-hydrogen) atoms. The summed E-state index contributed by atoms with van der Waals surface area (Å²) < 4.78 is 7.73. The van der Waals surface area contributed by atoms with Gasteiger partial charge in [-0.1, -0.05) is 12.5 Å². The molecule has 3 heteroatoms. The maximum absolute atomic E-state index is 11.8. The number of ether oxygens (including phenoxy) is 1. The van der Waals surface area contributed by atoms with Crippen molar-refractivity contribution in [1.82, 2.24) is 4.57 Å². The average molecular weight is 295 g/mol. The second-order valence-corrected chi connectivity index (χ2v) is 6.74. The highest BCUT2D eigenvalue weighted by molar-refractivity contribution is 5.93. The van der Waals surface area contributed by atoms with Gasteiger partial charge in [0.05, 0.1) is 7.11 Å². The fourth-order valence-corrected chi connectivity index (χ4v) is 4.42. The molecule has 0 fully saturated rings. The Morgan fingerprint density at radius 2 is 2.05 bits per heavy atom. The fraction of sp³-hybridized carbons (Fsp3) is 0.421. The van der Waals surface area contributed by atoms with E-state index in [1.807, 2.05) is 12.1 Å². The van der Waals surface area contributed by atoms with Gasteiger partial charge in [0.25, 0.3) is 0 Å². The highest BCUT2D eigenvalue weighted by atomic mass is 16.5. The van der Waals surface area contributed by atoms with E-state index in [-0.39, 0.29) is 11.2 Å². The van der Waals surface area contributed by atoms with Crippen LogP contribution in [0.2, 0.25) is 0 Å². The zero-order valence-electron chi connectivity index (χ0n) is 13.4. The summed E-state index contributed by atoms with van der Waals surface area (Å²) in [5.41, 5.74) is 5.40. The molecule has 1 atom stereocenters. The molecule has 1 unspecified atom stereocenters. The number of carbonyl (C=O) groups is 1. The molecular weight excluding hydrogens is 274 g/mol. The lowest BCUT2D eigenvalue weighted by Gasteiger charge is -2.40. The zero-order chi connectivity index (χ0) is 15.5. The van der Waals surface area contributed by atoms with Crippen LogP contribution in [0.4, 0.5) is 0 Å². The van der Waals surface area contributed by atoms with E-state index in [0.717, 1.165) is 25.0 Å². The number of hydrogen-bond donors (Lipinski definition) is 0. The lowest BCUT2D eigenvalue weighted by Crippen LogP contribution is -2.35. The molecule has 2 aliphatic rings. The predicted molar refractivity (Wildman–Crippen MR) is 87.5 cm³/mol. The number of aryl methyl sites for hydroxylation is 2. The Kier molecular flexibility index (Phi) is 2.77. The highest BCUT2D eigenvalue weighted by Crippen LogP contribution is 2.49. The van der Waals surface area contributed by atoms with Crippen LogP contribution in [0.3, 0.4) is 0 Å². The number of rotatable bonds is 1. The summed E-state index contributed by atoms with van der Waals surface area (Å²) in [6.45, 7) is 2.30. The molecule has 1 heterocycles. The standard InChI is InChI=1S/C19H21NO2/c1-19-9-8-13(21)10-12(19)4-6-15-16-11-14(22-3)5-7-17(16)20(2)18(15)19/h5,7,10-11H,4,6,8-9H2,1-3H3. The number of nitrogens with zero attached hydrogens (tertiary/aromatic N) is 1. The predicted octanol–water partition coefficient (Wildman–Crippen LogP) is 3.68. The van der Waals surface area contributed by atoms with Crippen LogP contribution in [0.5, 0.6) is 5.75 Å².